The largest absolute Gasteiger partial charge is 0.393 e. The van der Waals surface area contributed by atoms with Crippen molar-refractivity contribution in [2.45, 2.75) is 69.9 Å². The highest BCUT2D eigenvalue weighted by atomic mass is 16.5. The van der Waals surface area contributed by atoms with Gasteiger partial charge in [-0.25, -0.2) is 9.88 Å². The maximum atomic E-state index is 12.8. The number of fused-ring (bicyclic) bond motifs is 3. The monoisotopic (exact) mass is 741 g/mol. The van der Waals surface area contributed by atoms with E-state index in [9.17, 15) is 24.6 Å². The molecule has 0 radical (unpaired) electrons. The number of H-pyrrole nitrogens is 1. The lowest BCUT2D eigenvalue weighted by atomic mass is 9.92. The van der Waals surface area contributed by atoms with Gasteiger partial charge in [0.05, 0.1) is 35.0 Å². The zero-order valence-corrected chi connectivity index (χ0v) is 31.2. The molecule has 4 aliphatic rings. The van der Waals surface area contributed by atoms with E-state index in [0.717, 1.165) is 73.1 Å². The Labute approximate surface area is 314 Å². The quantitative estimate of drug-likeness (QED) is 0.0803. The number of rotatable bonds is 11. The van der Waals surface area contributed by atoms with Crippen molar-refractivity contribution in [3.05, 3.63) is 83.0 Å². The number of carbonyl (C=O) groups excluding carboxylic acids is 3. The maximum absolute atomic E-state index is 12.8. The number of nitrogens with zero attached hydrogens (tertiary/aromatic N) is 5. The average Bonchev–Trinajstić information content (AvgIpc) is 4.06. The number of pyridine rings is 1. The van der Waals surface area contributed by atoms with Crippen LogP contribution in [0.2, 0.25) is 0 Å². The van der Waals surface area contributed by atoms with E-state index in [2.05, 4.69) is 43.0 Å². The van der Waals surface area contributed by atoms with Crippen molar-refractivity contribution in [1.29, 1.82) is 0 Å². The summed E-state index contributed by atoms with van der Waals surface area (Å²) in [7, 11) is 5.29. The molecule has 2 saturated carbocycles. The minimum Gasteiger partial charge on any atom is -0.393 e. The van der Waals surface area contributed by atoms with Crippen LogP contribution in [-0.2, 0) is 15.5 Å². The molecule has 10 N–H and O–H groups in total. The molecular formula is C38H51N11O5. The van der Waals surface area contributed by atoms with Gasteiger partial charge in [0, 0.05) is 63.4 Å². The number of aromatic nitrogens is 3. The van der Waals surface area contributed by atoms with Gasteiger partial charge in [-0.3, -0.25) is 19.5 Å². The summed E-state index contributed by atoms with van der Waals surface area (Å²) in [6.07, 6.45) is 9.72. The first-order chi connectivity index (χ1) is 25.8. The standard InChI is InChI=1S/C25H32N8O2.C13H19N3O3/c1-3-19-22-16(12-28-32-22)15-5-4-6-17(23(15)33(19)2)30-18(21(27)25(35)29-14-9-10-14)11-20(26)31-24(34)13-7-8-13;1-15(2)12(17)10-6-5-7-11(14-10)13(18,19)16-8-3-4-9-16/h4-6,11-14,19,30H,3,7-10,26-27H2,1-2H3,(H,28,32)(H,29,35)(H,31,34);5-7,18-19H,3-4,8-9H2,1-2H3/b20-11+,21-18+;. The van der Waals surface area contributed by atoms with Gasteiger partial charge in [-0.05, 0) is 63.1 Å². The van der Waals surface area contributed by atoms with Gasteiger partial charge < -0.3 is 47.4 Å². The van der Waals surface area contributed by atoms with Gasteiger partial charge in [-0.15, -0.1) is 0 Å². The van der Waals surface area contributed by atoms with Crippen LogP contribution in [0.1, 0.15) is 79.8 Å². The lowest BCUT2D eigenvalue weighted by Crippen LogP contribution is -2.45. The molecular weight excluding hydrogens is 690 g/mol. The number of benzene rings is 1. The number of nitrogens with two attached hydrogens (primary N) is 2. The molecule has 16 nitrogen and oxygen atoms in total. The summed E-state index contributed by atoms with van der Waals surface area (Å²) in [4.78, 5) is 46.1. The molecule has 1 saturated heterocycles. The Kier molecular flexibility index (Phi) is 11.3. The zero-order valence-electron chi connectivity index (χ0n) is 31.2. The highest BCUT2D eigenvalue weighted by Gasteiger charge is 2.38. The van der Waals surface area contributed by atoms with Crippen molar-refractivity contribution in [3.8, 4) is 11.1 Å². The molecule has 2 aromatic heterocycles. The SMILES string of the molecule is CCC1c2[nH]ncc2-c2cccc(NC(/C=C(\N)NC(=O)C3CC3)=C(/N)C(=O)NC3CC3)c2N1C.CN(C)C(=O)c1cccc(C(O)(O)N2CCCC2)n1. The summed E-state index contributed by atoms with van der Waals surface area (Å²) in [5.41, 5.74) is 18.0. The molecule has 3 amide bonds. The number of carbonyl (C=O) groups is 3. The van der Waals surface area contributed by atoms with Gasteiger partial charge in [0.2, 0.25) is 5.91 Å². The van der Waals surface area contributed by atoms with Gasteiger partial charge >= 0.3 is 0 Å². The highest BCUT2D eigenvalue weighted by molar-refractivity contribution is 5.96. The van der Waals surface area contributed by atoms with Gasteiger partial charge in [0.25, 0.3) is 17.7 Å². The van der Waals surface area contributed by atoms with Crippen LogP contribution in [0.4, 0.5) is 11.4 Å². The van der Waals surface area contributed by atoms with Crippen molar-refractivity contribution >= 4 is 29.1 Å². The number of anilines is 2. The third-order valence-corrected chi connectivity index (χ3v) is 10.0. The molecule has 2 aliphatic heterocycles. The Hall–Kier alpha value is -5.45. The summed E-state index contributed by atoms with van der Waals surface area (Å²) in [6, 6.07) is 10.9. The molecule has 1 atom stereocenters. The van der Waals surface area contributed by atoms with Crippen molar-refractivity contribution in [2.24, 2.45) is 17.4 Å². The molecule has 16 heteroatoms. The summed E-state index contributed by atoms with van der Waals surface area (Å²) in [6.45, 7) is 3.35. The third-order valence-electron chi connectivity index (χ3n) is 10.0. The van der Waals surface area contributed by atoms with Crippen LogP contribution in [0.3, 0.4) is 0 Å². The van der Waals surface area contributed by atoms with E-state index in [4.69, 9.17) is 11.5 Å². The third kappa shape index (κ3) is 8.35. The molecule has 0 spiro atoms. The lowest BCUT2D eigenvalue weighted by Gasteiger charge is -2.36. The first-order valence-corrected chi connectivity index (χ1v) is 18.4. The molecule has 3 aromatic rings. The second-order valence-electron chi connectivity index (χ2n) is 14.4. The van der Waals surface area contributed by atoms with Gasteiger partial charge in [0.1, 0.15) is 22.9 Å². The second-order valence-corrected chi connectivity index (χ2v) is 14.4. The topological polar surface area (TPSA) is 231 Å². The molecule has 7 rings (SSSR count). The normalized spacial score (nSPS) is 18.7. The minimum absolute atomic E-state index is 0.00257. The van der Waals surface area contributed by atoms with Gasteiger partial charge in [-0.1, -0.05) is 25.1 Å². The first-order valence-electron chi connectivity index (χ1n) is 18.4. The lowest BCUT2D eigenvalue weighted by molar-refractivity contribution is -0.271. The molecule has 1 unspecified atom stereocenters. The predicted molar refractivity (Wildman–Crippen MR) is 204 cm³/mol. The van der Waals surface area contributed by atoms with Crippen molar-refractivity contribution < 1.29 is 24.6 Å². The van der Waals surface area contributed by atoms with E-state index < -0.39 is 5.91 Å². The van der Waals surface area contributed by atoms with E-state index in [0.29, 0.717) is 18.8 Å². The van der Waals surface area contributed by atoms with Crippen LogP contribution in [0, 0.1) is 5.92 Å². The Morgan fingerprint density at radius 2 is 1.74 bits per heavy atom. The summed E-state index contributed by atoms with van der Waals surface area (Å²) >= 11 is 0. The maximum Gasteiger partial charge on any atom is 0.271 e. The fraction of sp³-hybridized carbons (Fsp3) is 0.447. The molecule has 54 heavy (non-hydrogen) atoms. The van der Waals surface area contributed by atoms with E-state index in [1.54, 1.807) is 31.1 Å². The molecule has 2 aliphatic carbocycles. The fourth-order valence-electron chi connectivity index (χ4n) is 6.72. The zero-order chi connectivity index (χ0) is 38.7. The second kappa shape index (κ2) is 15.9. The fourth-order valence-corrected chi connectivity index (χ4v) is 6.72. The Bertz CT molecular complexity index is 1940. The van der Waals surface area contributed by atoms with E-state index >= 15 is 0 Å². The number of aliphatic hydroxyl groups is 2. The Morgan fingerprint density at radius 3 is 2.39 bits per heavy atom. The molecule has 0 bridgehead atoms. The van der Waals surface area contributed by atoms with Crippen LogP contribution < -0.4 is 32.3 Å². The van der Waals surface area contributed by atoms with E-state index in [1.165, 1.54) is 17.0 Å². The number of hydrogen-bond acceptors (Lipinski definition) is 12. The molecule has 3 fully saturated rings. The molecule has 1 aromatic carbocycles. The Morgan fingerprint density at radius 1 is 1.04 bits per heavy atom. The van der Waals surface area contributed by atoms with Crippen molar-refractivity contribution in [1.82, 2.24) is 35.6 Å². The minimum atomic E-state index is -2.11. The first kappa shape index (κ1) is 38.3. The summed E-state index contributed by atoms with van der Waals surface area (Å²) in [5, 5.41) is 36.8. The number of likely N-dealkylation sites (tertiary alicyclic amines) is 1. The summed E-state index contributed by atoms with van der Waals surface area (Å²) < 4.78 is 0. The summed E-state index contributed by atoms with van der Waals surface area (Å²) in [5.74, 6) is -2.72. The Balaban J connectivity index is 0.000000221. The van der Waals surface area contributed by atoms with Crippen molar-refractivity contribution in [2.75, 3.05) is 44.4 Å². The average molecular weight is 742 g/mol. The van der Waals surface area contributed by atoms with E-state index in [1.807, 2.05) is 31.4 Å². The number of hydrogen-bond donors (Lipinski definition) is 8. The van der Waals surface area contributed by atoms with Crippen LogP contribution >= 0.6 is 0 Å². The number of aromatic amines is 1. The van der Waals surface area contributed by atoms with Gasteiger partial charge in [0.15, 0.2) is 0 Å². The number of para-hydroxylation sites is 1. The van der Waals surface area contributed by atoms with E-state index in [-0.39, 0.29) is 58.6 Å². The molecule has 4 heterocycles. The van der Waals surface area contributed by atoms with Crippen LogP contribution in [0.25, 0.3) is 11.1 Å². The smallest absolute Gasteiger partial charge is 0.271 e. The number of nitrogens with one attached hydrogen (secondary N) is 4. The number of allylic oxidation sites excluding steroid dienone is 1. The highest BCUT2D eigenvalue weighted by Crippen LogP contribution is 2.48. The van der Waals surface area contributed by atoms with Crippen LogP contribution in [0.15, 0.2) is 65.9 Å². The molecule has 288 valence electrons. The predicted octanol–water partition coefficient (Wildman–Crippen LogP) is 2.14. The van der Waals surface area contributed by atoms with Crippen LogP contribution in [-0.4, -0.2) is 93.2 Å². The van der Waals surface area contributed by atoms with Crippen molar-refractivity contribution in [3.63, 3.8) is 0 Å². The number of amides is 3. The van der Waals surface area contributed by atoms with Gasteiger partial charge in [-0.2, -0.15) is 5.10 Å². The van der Waals surface area contributed by atoms with Crippen LogP contribution in [0.5, 0.6) is 0 Å².